The highest BCUT2D eigenvalue weighted by molar-refractivity contribution is 6.30. The van der Waals surface area contributed by atoms with E-state index in [4.69, 9.17) is 16.3 Å². The number of rotatable bonds is 3. The highest BCUT2D eigenvalue weighted by atomic mass is 35.5. The Morgan fingerprint density at radius 3 is 2.76 bits per heavy atom. The van der Waals surface area contributed by atoms with Crippen LogP contribution in [0.5, 0.6) is 0 Å². The minimum absolute atomic E-state index is 0.302. The number of nitrogens with zero attached hydrogens (tertiary/aromatic N) is 3. The first kappa shape index (κ1) is 12.9. The van der Waals surface area contributed by atoms with Crippen LogP contribution in [-0.4, -0.2) is 40.5 Å². The van der Waals surface area contributed by atoms with Crippen LogP contribution in [0.1, 0.15) is 24.6 Å². The van der Waals surface area contributed by atoms with Crippen molar-refractivity contribution in [3.05, 3.63) is 16.4 Å². The molecular weight excluding hydrogens is 238 g/mol. The zero-order valence-corrected chi connectivity index (χ0v) is 11.7. The normalized spacial score (nSPS) is 24.8. The van der Waals surface area contributed by atoms with E-state index >= 15 is 0 Å². The second-order valence-electron chi connectivity index (χ2n) is 4.83. The van der Waals surface area contributed by atoms with Crippen LogP contribution in [0.2, 0.25) is 5.15 Å². The molecule has 2 unspecified atom stereocenters. The zero-order chi connectivity index (χ0) is 12.6. The van der Waals surface area contributed by atoms with E-state index in [9.17, 15) is 0 Å². The van der Waals surface area contributed by atoms with Gasteiger partial charge in [0.05, 0.1) is 11.8 Å². The quantitative estimate of drug-likeness (QED) is 0.830. The molecular formula is C12H20ClN3O. The summed E-state index contributed by atoms with van der Waals surface area (Å²) in [6.45, 7) is 5.82. The summed E-state index contributed by atoms with van der Waals surface area (Å²) < 4.78 is 7.33. The molecule has 2 rings (SSSR count). The molecule has 1 aromatic heterocycles. The Hall–Kier alpha value is -0.580. The Bertz CT molecular complexity index is 405. The predicted molar refractivity (Wildman–Crippen MR) is 68.2 cm³/mol. The average Bonchev–Trinajstić information content (AvgIpc) is 2.78. The summed E-state index contributed by atoms with van der Waals surface area (Å²) in [6, 6.07) is 0.477. The first-order valence-corrected chi connectivity index (χ1v) is 6.38. The predicted octanol–water partition coefficient (Wildman–Crippen LogP) is 1.99. The summed E-state index contributed by atoms with van der Waals surface area (Å²) in [5, 5.41) is 5.07. The Labute approximate surface area is 107 Å². The number of hydrogen-bond acceptors (Lipinski definition) is 3. The van der Waals surface area contributed by atoms with Crippen LogP contribution >= 0.6 is 11.6 Å². The summed E-state index contributed by atoms with van der Waals surface area (Å²) in [7, 11) is 4.00. The lowest BCUT2D eigenvalue weighted by atomic mass is 10.1. The molecule has 0 aliphatic carbocycles. The Morgan fingerprint density at radius 1 is 1.59 bits per heavy atom. The van der Waals surface area contributed by atoms with Crippen LogP contribution in [0, 0.1) is 6.92 Å². The van der Waals surface area contributed by atoms with Crippen LogP contribution in [0.25, 0.3) is 0 Å². The maximum Gasteiger partial charge on any atom is 0.131 e. The minimum atomic E-state index is 0.302. The van der Waals surface area contributed by atoms with Crippen molar-refractivity contribution < 1.29 is 4.74 Å². The standard InChI is InChI=1S/C12H20ClN3O/c1-8-10(12(13)16(4)14-8)7-15(3)11-5-6-17-9(11)2/h9,11H,5-7H2,1-4H3. The minimum Gasteiger partial charge on any atom is -0.377 e. The molecule has 2 atom stereocenters. The molecule has 2 heterocycles. The second kappa shape index (κ2) is 4.96. The fourth-order valence-corrected chi connectivity index (χ4v) is 2.75. The molecule has 1 aromatic rings. The van der Waals surface area contributed by atoms with Gasteiger partial charge in [-0.25, -0.2) is 0 Å². The van der Waals surface area contributed by atoms with Crippen molar-refractivity contribution in [2.75, 3.05) is 13.7 Å². The van der Waals surface area contributed by atoms with Gasteiger partial charge in [0.1, 0.15) is 5.15 Å². The zero-order valence-electron chi connectivity index (χ0n) is 10.9. The van der Waals surface area contributed by atoms with Crippen molar-refractivity contribution in [2.45, 2.75) is 39.0 Å². The molecule has 1 aliphatic heterocycles. The lowest BCUT2D eigenvalue weighted by molar-refractivity contribution is 0.0814. The molecule has 0 N–H and O–H groups in total. The molecule has 5 heteroatoms. The number of likely N-dealkylation sites (N-methyl/N-ethyl adjacent to an activating group) is 1. The summed E-state index contributed by atoms with van der Waals surface area (Å²) in [6.07, 6.45) is 1.39. The Kier molecular flexibility index (Phi) is 3.76. The third-order valence-corrected chi connectivity index (χ3v) is 4.05. The molecule has 96 valence electrons. The average molecular weight is 258 g/mol. The van der Waals surface area contributed by atoms with Gasteiger partial charge in [0.25, 0.3) is 0 Å². The maximum atomic E-state index is 6.24. The first-order valence-electron chi connectivity index (χ1n) is 6.00. The Balaban J connectivity index is 2.10. The highest BCUT2D eigenvalue weighted by Gasteiger charge is 2.28. The van der Waals surface area contributed by atoms with Crippen LogP contribution in [0.3, 0.4) is 0 Å². The molecule has 1 saturated heterocycles. The number of ether oxygens (including phenoxy) is 1. The van der Waals surface area contributed by atoms with Crippen molar-refractivity contribution in [1.82, 2.24) is 14.7 Å². The molecule has 1 fully saturated rings. The van der Waals surface area contributed by atoms with Gasteiger partial charge in [0.15, 0.2) is 0 Å². The first-order chi connectivity index (χ1) is 8.00. The molecule has 0 radical (unpaired) electrons. The third kappa shape index (κ3) is 2.49. The molecule has 4 nitrogen and oxygen atoms in total. The Morgan fingerprint density at radius 2 is 2.29 bits per heavy atom. The molecule has 0 spiro atoms. The monoisotopic (exact) mass is 257 g/mol. The number of hydrogen-bond donors (Lipinski definition) is 0. The number of aryl methyl sites for hydroxylation is 2. The van der Waals surface area contributed by atoms with Crippen molar-refractivity contribution in [2.24, 2.45) is 7.05 Å². The molecule has 1 aliphatic rings. The van der Waals surface area contributed by atoms with Gasteiger partial charge in [-0.3, -0.25) is 9.58 Å². The smallest absolute Gasteiger partial charge is 0.131 e. The summed E-state index contributed by atoms with van der Waals surface area (Å²) in [5.74, 6) is 0. The number of aromatic nitrogens is 2. The van der Waals surface area contributed by atoms with Crippen LogP contribution in [0.15, 0.2) is 0 Å². The van der Waals surface area contributed by atoms with E-state index < -0.39 is 0 Å². The lowest BCUT2D eigenvalue weighted by Crippen LogP contribution is -2.36. The van der Waals surface area contributed by atoms with Gasteiger partial charge in [-0.05, 0) is 27.3 Å². The largest absolute Gasteiger partial charge is 0.377 e. The molecule has 0 saturated carbocycles. The van der Waals surface area contributed by atoms with Crippen molar-refractivity contribution in [1.29, 1.82) is 0 Å². The van der Waals surface area contributed by atoms with Crippen molar-refractivity contribution in [3.63, 3.8) is 0 Å². The van der Waals surface area contributed by atoms with Crippen LogP contribution in [0.4, 0.5) is 0 Å². The van der Waals surface area contributed by atoms with Gasteiger partial charge in [-0.2, -0.15) is 5.10 Å². The van der Waals surface area contributed by atoms with E-state index in [0.717, 1.165) is 36.0 Å². The molecule has 0 amide bonds. The maximum absolute atomic E-state index is 6.24. The van der Waals surface area contributed by atoms with Crippen molar-refractivity contribution >= 4 is 11.6 Å². The topological polar surface area (TPSA) is 30.3 Å². The van der Waals surface area contributed by atoms with Gasteiger partial charge >= 0.3 is 0 Å². The van der Waals surface area contributed by atoms with E-state index in [1.165, 1.54) is 0 Å². The van der Waals surface area contributed by atoms with Gasteiger partial charge in [0, 0.05) is 31.8 Å². The molecule has 0 aromatic carbocycles. The molecule has 0 bridgehead atoms. The fraction of sp³-hybridized carbons (Fsp3) is 0.750. The highest BCUT2D eigenvalue weighted by Crippen LogP contribution is 2.24. The molecule has 17 heavy (non-hydrogen) atoms. The van der Waals surface area contributed by atoms with Gasteiger partial charge in [0.2, 0.25) is 0 Å². The van der Waals surface area contributed by atoms with Gasteiger partial charge in [-0.15, -0.1) is 0 Å². The van der Waals surface area contributed by atoms with Gasteiger partial charge < -0.3 is 4.74 Å². The van der Waals surface area contributed by atoms with E-state index in [2.05, 4.69) is 24.0 Å². The SMILES string of the molecule is Cc1nn(C)c(Cl)c1CN(C)C1CCOC1C. The van der Waals surface area contributed by atoms with Gasteiger partial charge in [-0.1, -0.05) is 11.6 Å². The van der Waals surface area contributed by atoms with E-state index in [1.54, 1.807) is 4.68 Å². The van der Waals surface area contributed by atoms with E-state index in [0.29, 0.717) is 12.1 Å². The number of halogens is 1. The van der Waals surface area contributed by atoms with Crippen molar-refractivity contribution in [3.8, 4) is 0 Å². The fourth-order valence-electron chi connectivity index (χ4n) is 2.52. The second-order valence-corrected chi connectivity index (χ2v) is 5.18. The lowest BCUT2D eigenvalue weighted by Gasteiger charge is -2.26. The third-order valence-electron chi connectivity index (χ3n) is 3.58. The van der Waals surface area contributed by atoms with Crippen LogP contribution < -0.4 is 0 Å². The van der Waals surface area contributed by atoms with Crippen LogP contribution in [-0.2, 0) is 18.3 Å². The summed E-state index contributed by atoms with van der Waals surface area (Å²) in [4.78, 5) is 2.31. The van der Waals surface area contributed by atoms with E-state index in [1.807, 2.05) is 14.0 Å². The summed E-state index contributed by atoms with van der Waals surface area (Å²) >= 11 is 6.24. The van der Waals surface area contributed by atoms with E-state index in [-0.39, 0.29) is 0 Å². The summed E-state index contributed by atoms with van der Waals surface area (Å²) in [5.41, 5.74) is 2.13.